The second kappa shape index (κ2) is 12.7. The van der Waals surface area contributed by atoms with Crippen LogP contribution in [0.3, 0.4) is 0 Å². The van der Waals surface area contributed by atoms with Crippen molar-refractivity contribution >= 4 is 17.6 Å². The molecule has 4 aromatic carbocycles. The molecule has 0 spiro atoms. The molecule has 1 N–H and O–H groups in total. The molecule has 0 aliphatic rings. The summed E-state index contributed by atoms with van der Waals surface area (Å²) in [5.74, 6) is 0.330. The molecule has 5 aromatic rings. The first-order valence-electron chi connectivity index (χ1n) is 13.3. The molecule has 0 aliphatic carbocycles. The molecule has 0 unspecified atom stereocenters. The number of hydrogen-bond donors (Lipinski definition) is 1. The number of carbonyl (C=O) groups is 2. The minimum Gasteiger partial charge on any atom is -0.426 e. The number of nitrogens with one attached hydrogen (secondary N) is 1. The quantitative estimate of drug-likeness (QED) is 0.165. The summed E-state index contributed by atoms with van der Waals surface area (Å²) in [6, 6.07) is 36.2. The van der Waals surface area contributed by atoms with E-state index in [0.29, 0.717) is 24.3 Å². The highest BCUT2D eigenvalue weighted by atomic mass is 16.5. The van der Waals surface area contributed by atoms with E-state index in [1.54, 1.807) is 24.3 Å². The molecule has 6 heteroatoms. The zero-order valence-electron chi connectivity index (χ0n) is 22.4. The Bertz CT molecular complexity index is 1510. The van der Waals surface area contributed by atoms with Crippen molar-refractivity contribution < 1.29 is 14.3 Å². The van der Waals surface area contributed by atoms with Gasteiger partial charge in [0.05, 0.1) is 5.69 Å². The highest BCUT2D eigenvalue weighted by Gasteiger charge is 2.24. The van der Waals surface area contributed by atoms with Crippen LogP contribution in [-0.2, 0) is 22.6 Å². The van der Waals surface area contributed by atoms with Crippen LogP contribution >= 0.6 is 0 Å². The van der Waals surface area contributed by atoms with E-state index in [1.165, 1.54) is 5.56 Å². The number of aryl methyl sites for hydroxylation is 2. The lowest BCUT2D eigenvalue weighted by atomic mass is 9.91. The predicted molar refractivity (Wildman–Crippen MR) is 156 cm³/mol. The Morgan fingerprint density at radius 2 is 1.38 bits per heavy atom. The molecule has 0 aliphatic heterocycles. The highest BCUT2D eigenvalue weighted by Crippen LogP contribution is 2.27. The van der Waals surface area contributed by atoms with Crippen molar-refractivity contribution in [2.45, 2.75) is 32.2 Å². The molecule has 0 fully saturated rings. The summed E-state index contributed by atoms with van der Waals surface area (Å²) in [5.41, 5.74) is 4.46. The third-order valence-corrected chi connectivity index (χ3v) is 6.69. The molecule has 0 radical (unpaired) electrons. The second-order valence-electron chi connectivity index (χ2n) is 9.64. The van der Waals surface area contributed by atoms with E-state index in [0.717, 1.165) is 29.2 Å². The number of imidazole rings is 1. The van der Waals surface area contributed by atoms with E-state index in [-0.39, 0.29) is 11.9 Å². The maximum atomic E-state index is 13.2. The predicted octanol–water partition coefficient (Wildman–Crippen LogP) is 6.55. The van der Waals surface area contributed by atoms with Gasteiger partial charge in [0.2, 0.25) is 5.91 Å². The van der Waals surface area contributed by atoms with Gasteiger partial charge < -0.3 is 14.6 Å². The Kier molecular flexibility index (Phi) is 8.47. The zero-order chi connectivity index (χ0) is 27.7. The fourth-order valence-electron chi connectivity index (χ4n) is 4.64. The number of rotatable bonds is 10. The van der Waals surface area contributed by atoms with Gasteiger partial charge in [0.15, 0.2) is 0 Å². The van der Waals surface area contributed by atoms with Gasteiger partial charge >= 0.3 is 5.97 Å². The summed E-state index contributed by atoms with van der Waals surface area (Å²) in [6.45, 7) is 2.73. The number of amides is 1. The fourth-order valence-corrected chi connectivity index (χ4v) is 4.64. The van der Waals surface area contributed by atoms with E-state index >= 15 is 0 Å². The van der Waals surface area contributed by atoms with E-state index in [2.05, 4.69) is 27.0 Å². The van der Waals surface area contributed by atoms with Crippen LogP contribution in [0.25, 0.3) is 0 Å². The highest BCUT2D eigenvalue weighted by molar-refractivity contribution is 5.91. The summed E-state index contributed by atoms with van der Waals surface area (Å²) in [7, 11) is 0. The van der Waals surface area contributed by atoms with Crippen molar-refractivity contribution in [3.63, 3.8) is 0 Å². The number of aromatic nitrogens is 2. The molecule has 0 bridgehead atoms. The lowest BCUT2D eigenvalue weighted by molar-refractivity contribution is -0.135. The van der Waals surface area contributed by atoms with Crippen molar-refractivity contribution in [2.75, 3.05) is 5.32 Å². The maximum absolute atomic E-state index is 13.2. The number of anilines is 1. The van der Waals surface area contributed by atoms with Gasteiger partial charge in [0.1, 0.15) is 17.5 Å². The Morgan fingerprint density at radius 1 is 0.800 bits per heavy atom. The average Bonchev–Trinajstić information content (AvgIpc) is 3.33. The standard InChI is InChI=1S/C34H31N3O3/c1-25-35-30(24-37(25)23-26-11-5-2-6-12-26)19-22-32(38)36-29-17-20-31(21-18-29)40-34(39)33(27-13-7-3-8-14-27)28-15-9-4-10-16-28/h2-18,20-21,24,33H,19,22-23H2,1H3,(H,36,38). The minimum atomic E-state index is -0.540. The van der Waals surface area contributed by atoms with E-state index in [9.17, 15) is 9.59 Å². The zero-order valence-corrected chi connectivity index (χ0v) is 22.4. The summed E-state index contributed by atoms with van der Waals surface area (Å²) in [6.07, 6.45) is 2.87. The SMILES string of the molecule is Cc1nc(CCC(=O)Nc2ccc(OC(=O)C(c3ccccc3)c3ccccc3)cc2)cn1Cc1ccccc1. The van der Waals surface area contributed by atoms with Crippen LogP contribution in [-0.4, -0.2) is 21.4 Å². The van der Waals surface area contributed by atoms with Gasteiger partial charge in [-0.3, -0.25) is 9.59 Å². The number of benzene rings is 4. The van der Waals surface area contributed by atoms with Crippen LogP contribution in [0.5, 0.6) is 5.75 Å². The van der Waals surface area contributed by atoms with Crippen molar-refractivity contribution in [2.24, 2.45) is 0 Å². The number of ether oxygens (including phenoxy) is 1. The summed E-state index contributed by atoms with van der Waals surface area (Å²) in [4.78, 5) is 30.4. The molecule has 0 saturated heterocycles. The first-order chi connectivity index (χ1) is 19.5. The number of carbonyl (C=O) groups excluding carboxylic acids is 2. The fraction of sp³-hybridized carbons (Fsp3) is 0.147. The van der Waals surface area contributed by atoms with Crippen molar-refractivity contribution in [3.05, 3.63) is 150 Å². The molecular formula is C34H31N3O3. The van der Waals surface area contributed by atoms with Crippen molar-refractivity contribution in [3.8, 4) is 5.75 Å². The van der Waals surface area contributed by atoms with Crippen molar-refractivity contribution in [1.82, 2.24) is 9.55 Å². The van der Waals surface area contributed by atoms with Gasteiger partial charge in [-0.15, -0.1) is 0 Å². The van der Waals surface area contributed by atoms with Gasteiger partial charge in [-0.25, -0.2) is 4.98 Å². The molecule has 1 aromatic heterocycles. The molecule has 200 valence electrons. The Labute approximate surface area is 234 Å². The number of hydrogen-bond acceptors (Lipinski definition) is 4. The van der Waals surface area contributed by atoms with Gasteiger partial charge in [-0.2, -0.15) is 0 Å². The minimum absolute atomic E-state index is 0.103. The Balaban J connectivity index is 1.16. The van der Waals surface area contributed by atoms with E-state index < -0.39 is 5.92 Å². The van der Waals surface area contributed by atoms with Crippen LogP contribution in [0.15, 0.2) is 121 Å². The monoisotopic (exact) mass is 529 g/mol. The first-order valence-corrected chi connectivity index (χ1v) is 13.3. The van der Waals surface area contributed by atoms with Crippen LogP contribution in [0.4, 0.5) is 5.69 Å². The lowest BCUT2D eigenvalue weighted by Gasteiger charge is -2.17. The van der Waals surface area contributed by atoms with Crippen LogP contribution in [0, 0.1) is 6.92 Å². The normalized spacial score (nSPS) is 10.8. The van der Waals surface area contributed by atoms with Gasteiger partial charge in [-0.1, -0.05) is 91.0 Å². The van der Waals surface area contributed by atoms with E-state index in [1.807, 2.05) is 92.0 Å². The van der Waals surface area contributed by atoms with E-state index in [4.69, 9.17) is 4.74 Å². The summed E-state index contributed by atoms with van der Waals surface area (Å²) in [5, 5.41) is 2.91. The Hall–Kier alpha value is -4.97. The third-order valence-electron chi connectivity index (χ3n) is 6.69. The molecule has 0 atom stereocenters. The maximum Gasteiger partial charge on any atom is 0.323 e. The van der Waals surface area contributed by atoms with Crippen LogP contribution in [0.2, 0.25) is 0 Å². The smallest absolute Gasteiger partial charge is 0.323 e. The first kappa shape index (κ1) is 26.6. The van der Waals surface area contributed by atoms with Gasteiger partial charge in [-0.05, 0) is 54.3 Å². The van der Waals surface area contributed by atoms with Crippen LogP contribution in [0.1, 0.15) is 40.5 Å². The molecule has 40 heavy (non-hydrogen) atoms. The summed E-state index contributed by atoms with van der Waals surface area (Å²) < 4.78 is 7.84. The van der Waals surface area contributed by atoms with Crippen LogP contribution < -0.4 is 10.1 Å². The molecular weight excluding hydrogens is 498 g/mol. The molecule has 1 heterocycles. The average molecular weight is 530 g/mol. The third kappa shape index (κ3) is 6.91. The summed E-state index contributed by atoms with van der Waals surface area (Å²) >= 11 is 0. The Morgan fingerprint density at radius 3 is 1.98 bits per heavy atom. The van der Waals surface area contributed by atoms with Crippen molar-refractivity contribution in [1.29, 1.82) is 0 Å². The molecule has 5 rings (SSSR count). The van der Waals surface area contributed by atoms with Gasteiger partial charge in [0, 0.05) is 24.8 Å². The molecule has 0 saturated carbocycles. The lowest BCUT2D eigenvalue weighted by Crippen LogP contribution is -2.20. The number of esters is 1. The van der Waals surface area contributed by atoms with Gasteiger partial charge in [0.25, 0.3) is 0 Å². The number of nitrogens with zero attached hydrogens (tertiary/aromatic N) is 2. The largest absolute Gasteiger partial charge is 0.426 e. The second-order valence-corrected chi connectivity index (χ2v) is 9.64. The molecule has 6 nitrogen and oxygen atoms in total. The topological polar surface area (TPSA) is 73.2 Å². The molecule has 1 amide bonds.